The number of rotatable bonds is 5. The molecule has 6 heteroatoms. The minimum atomic E-state index is -1.30. The standard InChI is InChI=1S/C12H24O6/c1-6(2)16-5-8-9(13)10(14)11(15)12(18-8)17-7(3)4/h6-15H,5H2,1-4H3/t8-,9-,10+,11-,12?/m1/s1. The van der Waals surface area contributed by atoms with Gasteiger partial charge < -0.3 is 29.5 Å². The minimum absolute atomic E-state index is 0.00531. The highest BCUT2D eigenvalue weighted by atomic mass is 16.7. The molecule has 1 heterocycles. The van der Waals surface area contributed by atoms with Crippen molar-refractivity contribution in [3.8, 4) is 0 Å². The summed E-state index contributed by atoms with van der Waals surface area (Å²) in [5.74, 6) is 0. The summed E-state index contributed by atoms with van der Waals surface area (Å²) in [4.78, 5) is 0. The van der Waals surface area contributed by atoms with Gasteiger partial charge in [-0.3, -0.25) is 0 Å². The molecule has 0 spiro atoms. The zero-order valence-electron chi connectivity index (χ0n) is 11.3. The molecule has 1 unspecified atom stereocenters. The van der Waals surface area contributed by atoms with E-state index in [1.54, 1.807) is 13.8 Å². The Bertz CT molecular complexity index is 243. The van der Waals surface area contributed by atoms with Gasteiger partial charge in [-0.1, -0.05) is 0 Å². The third-order valence-corrected chi connectivity index (χ3v) is 2.67. The van der Waals surface area contributed by atoms with Crippen LogP contribution < -0.4 is 0 Å². The van der Waals surface area contributed by atoms with Gasteiger partial charge in [0.25, 0.3) is 0 Å². The third kappa shape index (κ3) is 4.15. The minimum Gasteiger partial charge on any atom is -0.387 e. The number of hydrogen-bond donors (Lipinski definition) is 3. The van der Waals surface area contributed by atoms with Crippen molar-refractivity contribution in [1.29, 1.82) is 0 Å². The molecule has 0 bridgehead atoms. The van der Waals surface area contributed by atoms with Crippen LogP contribution >= 0.6 is 0 Å². The molecular formula is C12H24O6. The lowest BCUT2D eigenvalue weighted by Crippen LogP contribution is -2.59. The Morgan fingerprint density at radius 1 is 0.944 bits per heavy atom. The van der Waals surface area contributed by atoms with E-state index in [1.807, 2.05) is 13.8 Å². The molecule has 0 aromatic rings. The van der Waals surface area contributed by atoms with Gasteiger partial charge in [-0.25, -0.2) is 0 Å². The largest absolute Gasteiger partial charge is 0.387 e. The van der Waals surface area contributed by atoms with E-state index in [2.05, 4.69) is 0 Å². The van der Waals surface area contributed by atoms with Crippen LogP contribution in [0, 0.1) is 0 Å². The van der Waals surface area contributed by atoms with Gasteiger partial charge in [-0.15, -0.1) is 0 Å². The average molecular weight is 264 g/mol. The van der Waals surface area contributed by atoms with Gasteiger partial charge in [0.15, 0.2) is 6.29 Å². The quantitative estimate of drug-likeness (QED) is 0.629. The van der Waals surface area contributed by atoms with Crippen LogP contribution in [0.5, 0.6) is 0 Å². The molecule has 1 fully saturated rings. The molecule has 5 atom stereocenters. The second-order valence-corrected chi connectivity index (χ2v) is 5.08. The number of ether oxygens (including phenoxy) is 3. The lowest BCUT2D eigenvalue weighted by atomic mass is 9.99. The Labute approximate surface area is 107 Å². The van der Waals surface area contributed by atoms with Crippen LogP contribution in [-0.2, 0) is 14.2 Å². The summed E-state index contributed by atoms with van der Waals surface area (Å²) in [6.07, 6.45) is -5.58. The monoisotopic (exact) mass is 264 g/mol. The summed E-state index contributed by atoms with van der Waals surface area (Å²) in [6, 6.07) is 0. The van der Waals surface area contributed by atoms with Gasteiger partial charge in [-0.2, -0.15) is 0 Å². The molecule has 1 aliphatic rings. The van der Waals surface area contributed by atoms with Gasteiger partial charge in [0.1, 0.15) is 24.4 Å². The fraction of sp³-hybridized carbons (Fsp3) is 1.00. The Balaban J connectivity index is 2.62. The number of aliphatic hydroxyl groups is 3. The van der Waals surface area contributed by atoms with E-state index in [-0.39, 0.29) is 18.8 Å². The van der Waals surface area contributed by atoms with Crippen molar-refractivity contribution in [3.63, 3.8) is 0 Å². The van der Waals surface area contributed by atoms with Gasteiger partial charge in [0.05, 0.1) is 18.8 Å². The molecular weight excluding hydrogens is 240 g/mol. The van der Waals surface area contributed by atoms with Gasteiger partial charge in [0.2, 0.25) is 0 Å². The zero-order chi connectivity index (χ0) is 13.9. The predicted molar refractivity (Wildman–Crippen MR) is 64.0 cm³/mol. The first-order chi connectivity index (χ1) is 8.32. The van der Waals surface area contributed by atoms with E-state index >= 15 is 0 Å². The van der Waals surface area contributed by atoms with Gasteiger partial charge >= 0.3 is 0 Å². The Hall–Kier alpha value is -0.240. The van der Waals surface area contributed by atoms with E-state index in [0.29, 0.717) is 0 Å². The Kier molecular flexibility index (Phi) is 5.97. The van der Waals surface area contributed by atoms with Crippen molar-refractivity contribution in [2.45, 2.75) is 70.6 Å². The second-order valence-electron chi connectivity index (χ2n) is 5.08. The van der Waals surface area contributed by atoms with Crippen molar-refractivity contribution in [2.24, 2.45) is 0 Å². The molecule has 0 radical (unpaired) electrons. The summed E-state index contributed by atoms with van der Waals surface area (Å²) in [5, 5.41) is 29.3. The second kappa shape index (κ2) is 6.79. The summed E-state index contributed by atoms with van der Waals surface area (Å²) in [7, 11) is 0. The van der Waals surface area contributed by atoms with Crippen molar-refractivity contribution >= 4 is 0 Å². The van der Waals surface area contributed by atoms with Crippen LogP contribution in [0.1, 0.15) is 27.7 Å². The molecule has 1 rings (SSSR count). The first-order valence-electron chi connectivity index (χ1n) is 6.29. The molecule has 0 aliphatic carbocycles. The maximum atomic E-state index is 9.80. The molecule has 0 aromatic heterocycles. The summed E-state index contributed by atoms with van der Waals surface area (Å²) in [5.41, 5.74) is 0. The SMILES string of the molecule is CC(C)OC[C@H]1OC(OC(C)C)[C@H](O)[C@@H](O)[C@@H]1O. The Morgan fingerprint density at radius 2 is 1.56 bits per heavy atom. The summed E-state index contributed by atoms with van der Waals surface area (Å²) in [6.45, 7) is 7.46. The average Bonchev–Trinajstić information content (AvgIpc) is 2.27. The molecule has 1 aliphatic heterocycles. The highest BCUT2D eigenvalue weighted by Crippen LogP contribution is 2.23. The van der Waals surface area contributed by atoms with Crippen LogP contribution in [0.15, 0.2) is 0 Å². The first kappa shape index (κ1) is 15.8. The topological polar surface area (TPSA) is 88.4 Å². The van der Waals surface area contributed by atoms with Crippen molar-refractivity contribution in [1.82, 2.24) is 0 Å². The van der Waals surface area contributed by atoms with E-state index in [4.69, 9.17) is 14.2 Å². The molecule has 0 aromatic carbocycles. The van der Waals surface area contributed by atoms with Crippen LogP contribution in [-0.4, -0.2) is 64.8 Å². The van der Waals surface area contributed by atoms with Crippen molar-refractivity contribution in [3.05, 3.63) is 0 Å². The highest BCUT2D eigenvalue weighted by molar-refractivity contribution is 4.89. The highest BCUT2D eigenvalue weighted by Gasteiger charge is 2.44. The van der Waals surface area contributed by atoms with Crippen LogP contribution in [0.2, 0.25) is 0 Å². The van der Waals surface area contributed by atoms with E-state index in [9.17, 15) is 15.3 Å². The first-order valence-corrected chi connectivity index (χ1v) is 6.29. The molecule has 108 valence electrons. The van der Waals surface area contributed by atoms with E-state index < -0.39 is 30.7 Å². The van der Waals surface area contributed by atoms with Crippen LogP contribution in [0.3, 0.4) is 0 Å². The van der Waals surface area contributed by atoms with Crippen LogP contribution in [0.25, 0.3) is 0 Å². The van der Waals surface area contributed by atoms with Crippen molar-refractivity contribution in [2.75, 3.05) is 6.61 Å². The normalized spacial score (nSPS) is 37.5. The van der Waals surface area contributed by atoms with E-state index in [0.717, 1.165) is 0 Å². The lowest BCUT2D eigenvalue weighted by Gasteiger charge is -2.40. The summed E-state index contributed by atoms with van der Waals surface area (Å²) >= 11 is 0. The van der Waals surface area contributed by atoms with Crippen molar-refractivity contribution < 1.29 is 29.5 Å². The van der Waals surface area contributed by atoms with Crippen LogP contribution in [0.4, 0.5) is 0 Å². The maximum Gasteiger partial charge on any atom is 0.186 e. The molecule has 18 heavy (non-hydrogen) atoms. The molecule has 0 saturated carbocycles. The molecule has 1 saturated heterocycles. The molecule has 6 nitrogen and oxygen atoms in total. The fourth-order valence-electron chi connectivity index (χ4n) is 1.72. The smallest absolute Gasteiger partial charge is 0.186 e. The number of hydrogen-bond acceptors (Lipinski definition) is 6. The third-order valence-electron chi connectivity index (χ3n) is 2.67. The Morgan fingerprint density at radius 3 is 2.06 bits per heavy atom. The van der Waals surface area contributed by atoms with E-state index in [1.165, 1.54) is 0 Å². The fourth-order valence-corrected chi connectivity index (χ4v) is 1.72. The summed E-state index contributed by atoms with van der Waals surface area (Å²) < 4.78 is 16.2. The van der Waals surface area contributed by atoms with Gasteiger partial charge in [-0.05, 0) is 27.7 Å². The maximum absolute atomic E-state index is 9.80. The predicted octanol–water partition coefficient (Wildman–Crippen LogP) is -0.356. The molecule has 3 N–H and O–H groups in total. The number of aliphatic hydroxyl groups excluding tert-OH is 3. The zero-order valence-corrected chi connectivity index (χ0v) is 11.3. The van der Waals surface area contributed by atoms with Gasteiger partial charge in [0, 0.05) is 0 Å². The lowest BCUT2D eigenvalue weighted by molar-refractivity contribution is -0.311. The molecule has 0 amide bonds.